The average Bonchev–Trinajstić information content (AvgIpc) is 2.50. The van der Waals surface area contributed by atoms with Gasteiger partial charge in [-0.15, -0.1) is 0 Å². The predicted octanol–water partition coefficient (Wildman–Crippen LogP) is 1.36. The summed E-state index contributed by atoms with van der Waals surface area (Å²) in [7, 11) is -1.50. The molecule has 0 aromatic heterocycles. The first-order valence-electron chi connectivity index (χ1n) is 8.23. The molecular formula is C17H27N3O3S. The van der Waals surface area contributed by atoms with Crippen molar-refractivity contribution in [1.82, 2.24) is 10.2 Å². The number of piperidine rings is 1. The van der Waals surface area contributed by atoms with E-state index in [1.165, 1.54) is 4.31 Å². The highest BCUT2D eigenvalue weighted by molar-refractivity contribution is 7.92. The molecule has 1 aliphatic heterocycles. The maximum absolute atomic E-state index is 12.6. The molecule has 1 aromatic carbocycles. The number of sulfonamides is 1. The van der Waals surface area contributed by atoms with Crippen molar-refractivity contribution in [3.63, 3.8) is 0 Å². The molecule has 2 rings (SSSR count). The lowest BCUT2D eigenvalue weighted by Gasteiger charge is -2.33. The lowest BCUT2D eigenvalue weighted by molar-refractivity contribution is -0.122. The van der Waals surface area contributed by atoms with Crippen molar-refractivity contribution in [2.45, 2.75) is 38.8 Å². The van der Waals surface area contributed by atoms with Gasteiger partial charge in [-0.1, -0.05) is 17.7 Å². The van der Waals surface area contributed by atoms with Crippen LogP contribution in [0.3, 0.4) is 0 Å². The molecule has 0 saturated carbocycles. The number of likely N-dealkylation sites (tertiary alicyclic amines) is 1. The van der Waals surface area contributed by atoms with Crippen molar-refractivity contribution < 1.29 is 13.2 Å². The SMILES string of the molecule is Cc1ccc(N([C@@H](C)C(=O)NC2CCN(C)CC2)S(C)(=O)=O)cc1. The summed E-state index contributed by atoms with van der Waals surface area (Å²) in [5, 5.41) is 3.00. The van der Waals surface area contributed by atoms with E-state index >= 15 is 0 Å². The van der Waals surface area contributed by atoms with E-state index in [2.05, 4.69) is 17.3 Å². The van der Waals surface area contributed by atoms with Crippen LogP contribution in [0.1, 0.15) is 25.3 Å². The fraction of sp³-hybridized carbons (Fsp3) is 0.588. The van der Waals surface area contributed by atoms with E-state index < -0.39 is 16.1 Å². The van der Waals surface area contributed by atoms with Gasteiger partial charge in [-0.2, -0.15) is 0 Å². The zero-order valence-corrected chi connectivity index (χ0v) is 15.6. The Labute approximate surface area is 144 Å². The summed E-state index contributed by atoms with van der Waals surface area (Å²) in [5.74, 6) is -0.254. The van der Waals surface area contributed by atoms with E-state index in [0.29, 0.717) is 5.69 Å². The second kappa shape index (κ2) is 7.53. The second-order valence-corrected chi connectivity index (χ2v) is 8.52. The third-order valence-electron chi connectivity index (χ3n) is 4.44. The lowest BCUT2D eigenvalue weighted by Crippen LogP contribution is -2.52. The molecule has 0 spiro atoms. The Balaban J connectivity index is 2.14. The third-order valence-corrected chi connectivity index (χ3v) is 5.68. The van der Waals surface area contributed by atoms with E-state index in [4.69, 9.17) is 0 Å². The number of anilines is 1. The van der Waals surface area contributed by atoms with Gasteiger partial charge in [-0.05, 0) is 59.0 Å². The van der Waals surface area contributed by atoms with Gasteiger partial charge in [-0.25, -0.2) is 8.42 Å². The summed E-state index contributed by atoms with van der Waals surface area (Å²) < 4.78 is 25.7. The van der Waals surface area contributed by atoms with Crippen molar-refractivity contribution in [3.05, 3.63) is 29.8 Å². The topological polar surface area (TPSA) is 69.7 Å². The Kier molecular flexibility index (Phi) is 5.87. The van der Waals surface area contributed by atoms with Gasteiger partial charge in [0.15, 0.2) is 0 Å². The smallest absolute Gasteiger partial charge is 0.243 e. The van der Waals surface area contributed by atoms with Crippen LogP contribution in [0, 0.1) is 6.92 Å². The molecule has 0 aliphatic carbocycles. The van der Waals surface area contributed by atoms with Gasteiger partial charge < -0.3 is 10.2 Å². The summed E-state index contributed by atoms with van der Waals surface area (Å²) in [6.45, 7) is 5.44. The summed E-state index contributed by atoms with van der Waals surface area (Å²) in [4.78, 5) is 14.8. The van der Waals surface area contributed by atoms with E-state index in [-0.39, 0.29) is 11.9 Å². The largest absolute Gasteiger partial charge is 0.351 e. The number of rotatable bonds is 5. The van der Waals surface area contributed by atoms with Crippen molar-refractivity contribution in [1.29, 1.82) is 0 Å². The Bertz CT molecular complexity index is 665. The van der Waals surface area contributed by atoms with E-state index in [1.54, 1.807) is 19.1 Å². The van der Waals surface area contributed by atoms with Gasteiger partial charge in [0.25, 0.3) is 0 Å². The number of hydrogen-bond donors (Lipinski definition) is 1. The first kappa shape index (κ1) is 18.7. The standard InChI is InChI=1S/C17H27N3O3S/c1-13-5-7-16(8-6-13)20(24(4,22)23)14(2)17(21)18-15-9-11-19(3)12-10-15/h5-8,14-15H,9-12H2,1-4H3,(H,18,21)/t14-/m0/s1. The van der Waals surface area contributed by atoms with Crippen molar-refractivity contribution in [3.8, 4) is 0 Å². The minimum Gasteiger partial charge on any atom is -0.351 e. The minimum atomic E-state index is -3.56. The molecule has 0 bridgehead atoms. The maximum atomic E-state index is 12.6. The molecule has 0 radical (unpaired) electrons. The minimum absolute atomic E-state index is 0.107. The van der Waals surface area contributed by atoms with Crippen LogP contribution in [0.5, 0.6) is 0 Å². The Morgan fingerprint density at radius 1 is 1.25 bits per heavy atom. The normalized spacial score (nSPS) is 18.2. The van der Waals surface area contributed by atoms with Crippen molar-refractivity contribution in [2.75, 3.05) is 30.7 Å². The van der Waals surface area contributed by atoms with Crippen LogP contribution in [0.25, 0.3) is 0 Å². The molecule has 1 N–H and O–H groups in total. The lowest BCUT2D eigenvalue weighted by atomic mass is 10.1. The van der Waals surface area contributed by atoms with Gasteiger partial charge in [0.1, 0.15) is 6.04 Å². The number of nitrogens with one attached hydrogen (secondary N) is 1. The van der Waals surface area contributed by atoms with E-state index in [1.807, 2.05) is 19.1 Å². The van der Waals surface area contributed by atoms with Crippen LogP contribution in [-0.2, 0) is 14.8 Å². The molecule has 1 amide bonds. The molecule has 1 atom stereocenters. The summed E-state index contributed by atoms with van der Waals surface area (Å²) in [6.07, 6.45) is 2.91. The number of hydrogen-bond acceptors (Lipinski definition) is 4. The van der Waals surface area contributed by atoms with Crippen molar-refractivity contribution in [2.24, 2.45) is 0 Å². The number of carbonyl (C=O) groups is 1. The zero-order valence-electron chi connectivity index (χ0n) is 14.8. The first-order valence-corrected chi connectivity index (χ1v) is 10.1. The quantitative estimate of drug-likeness (QED) is 0.868. The molecule has 6 nitrogen and oxygen atoms in total. The molecule has 1 saturated heterocycles. The summed E-state index contributed by atoms with van der Waals surface area (Å²) in [6, 6.07) is 6.47. The number of amides is 1. The van der Waals surface area contributed by atoms with Crippen LogP contribution in [0.2, 0.25) is 0 Å². The maximum Gasteiger partial charge on any atom is 0.243 e. The first-order chi connectivity index (χ1) is 11.2. The Morgan fingerprint density at radius 2 is 1.79 bits per heavy atom. The number of carbonyl (C=O) groups excluding carboxylic acids is 1. The molecule has 1 aliphatic rings. The van der Waals surface area contributed by atoms with E-state index in [9.17, 15) is 13.2 Å². The molecule has 134 valence electrons. The highest BCUT2D eigenvalue weighted by atomic mass is 32.2. The third kappa shape index (κ3) is 4.70. The van der Waals surface area contributed by atoms with Gasteiger partial charge in [0.2, 0.25) is 15.9 Å². The Hall–Kier alpha value is -1.60. The Morgan fingerprint density at radius 3 is 2.29 bits per heavy atom. The molecule has 7 heteroatoms. The monoisotopic (exact) mass is 353 g/mol. The molecule has 1 fully saturated rings. The van der Waals surface area contributed by atoms with Gasteiger partial charge >= 0.3 is 0 Å². The molecule has 0 unspecified atom stereocenters. The van der Waals surface area contributed by atoms with Crippen LogP contribution < -0.4 is 9.62 Å². The highest BCUT2D eigenvalue weighted by Gasteiger charge is 2.30. The van der Waals surface area contributed by atoms with Gasteiger partial charge in [0, 0.05) is 6.04 Å². The predicted molar refractivity (Wildman–Crippen MR) is 96.6 cm³/mol. The summed E-state index contributed by atoms with van der Waals surface area (Å²) >= 11 is 0. The molecule has 24 heavy (non-hydrogen) atoms. The van der Waals surface area contributed by atoms with Crippen LogP contribution in [0.15, 0.2) is 24.3 Å². The number of nitrogens with zero attached hydrogens (tertiary/aromatic N) is 2. The van der Waals surface area contributed by atoms with E-state index in [0.717, 1.165) is 37.8 Å². The van der Waals surface area contributed by atoms with Gasteiger partial charge in [-0.3, -0.25) is 9.10 Å². The highest BCUT2D eigenvalue weighted by Crippen LogP contribution is 2.21. The fourth-order valence-electron chi connectivity index (χ4n) is 2.98. The van der Waals surface area contributed by atoms with Crippen LogP contribution >= 0.6 is 0 Å². The number of benzene rings is 1. The summed E-state index contributed by atoms with van der Waals surface area (Å²) in [5.41, 5.74) is 1.55. The zero-order chi connectivity index (χ0) is 17.9. The van der Waals surface area contributed by atoms with Crippen molar-refractivity contribution >= 4 is 21.6 Å². The fourth-order valence-corrected chi connectivity index (χ4v) is 4.15. The van der Waals surface area contributed by atoms with Crippen LogP contribution in [0.4, 0.5) is 5.69 Å². The van der Waals surface area contributed by atoms with Crippen LogP contribution in [-0.4, -0.2) is 57.7 Å². The second-order valence-electron chi connectivity index (χ2n) is 6.66. The molecule has 1 heterocycles. The number of aryl methyl sites for hydroxylation is 1. The average molecular weight is 353 g/mol. The van der Waals surface area contributed by atoms with Gasteiger partial charge in [0.05, 0.1) is 11.9 Å². The molecule has 1 aromatic rings. The molecular weight excluding hydrogens is 326 g/mol.